The Balaban J connectivity index is 2.21. The minimum absolute atomic E-state index is 0.136. The second kappa shape index (κ2) is 6.32. The van der Waals surface area contributed by atoms with Crippen LogP contribution < -0.4 is 4.90 Å². The normalized spacial score (nSPS) is 19.5. The number of thiophene rings is 1. The molecule has 0 amide bonds. The number of hydrogen-bond acceptors (Lipinski definition) is 5. The van der Waals surface area contributed by atoms with Gasteiger partial charge in [-0.3, -0.25) is 10.1 Å². The third-order valence-corrected chi connectivity index (χ3v) is 6.29. The van der Waals surface area contributed by atoms with Crippen LogP contribution in [-0.4, -0.2) is 23.1 Å². The first-order valence-electron chi connectivity index (χ1n) is 7.63. The second-order valence-corrected chi connectivity index (χ2v) is 7.03. The maximum atomic E-state index is 11.2. The summed E-state index contributed by atoms with van der Waals surface area (Å²) in [7, 11) is 0. The van der Waals surface area contributed by atoms with Crippen molar-refractivity contribution in [1.82, 2.24) is 0 Å². The highest BCUT2D eigenvalue weighted by Gasteiger charge is 2.34. The highest BCUT2D eigenvalue weighted by atomic mass is 32.1. The van der Waals surface area contributed by atoms with Crippen LogP contribution >= 0.6 is 11.3 Å². The molecule has 0 spiro atoms. The van der Waals surface area contributed by atoms with E-state index in [0.29, 0.717) is 15.3 Å². The molecule has 1 atom stereocenters. The largest absolute Gasteiger partial charge is 0.388 e. The van der Waals surface area contributed by atoms with Crippen molar-refractivity contribution >= 4 is 22.0 Å². The van der Waals surface area contributed by atoms with Gasteiger partial charge < -0.3 is 10.0 Å². The Kier molecular flexibility index (Phi) is 4.88. The predicted octanol–water partition coefficient (Wildman–Crippen LogP) is 4.12. The van der Waals surface area contributed by atoms with Gasteiger partial charge in [-0.2, -0.15) is 0 Å². The number of aliphatic hydroxyl groups excluding tert-OH is 1. The number of piperidine rings is 1. The van der Waals surface area contributed by atoms with Gasteiger partial charge >= 0.3 is 5.69 Å². The summed E-state index contributed by atoms with van der Waals surface area (Å²) in [5, 5.41) is 21.6. The molecular formula is C15H24N2O3S. The topological polar surface area (TPSA) is 66.6 Å². The molecule has 0 aliphatic carbocycles. The Morgan fingerprint density at radius 2 is 2.00 bits per heavy atom. The lowest BCUT2D eigenvalue weighted by molar-refractivity contribution is -0.383. The molecule has 0 saturated carbocycles. The van der Waals surface area contributed by atoms with Crippen LogP contribution in [0.25, 0.3) is 0 Å². The molecule has 0 bridgehead atoms. The van der Waals surface area contributed by atoms with Gasteiger partial charge in [0.15, 0.2) is 5.00 Å². The van der Waals surface area contributed by atoms with Crippen LogP contribution in [0.4, 0.5) is 10.7 Å². The van der Waals surface area contributed by atoms with Gasteiger partial charge in [-0.15, -0.1) is 11.3 Å². The van der Waals surface area contributed by atoms with Gasteiger partial charge in [0.25, 0.3) is 0 Å². The van der Waals surface area contributed by atoms with E-state index in [2.05, 4.69) is 18.7 Å². The SMILES string of the molecule is CCC1(CC)CCN(c2sc([C@@H](C)O)cc2[N+](=O)[O-])CC1. The van der Waals surface area contributed by atoms with Gasteiger partial charge in [-0.1, -0.05) is 26.7 Å². The van der Waals surface area contributed by atoms with E-state index in [4.69, 9.17) is 0 Å². The van der Waals surface area contributed by atoms with Crippen LogP contribution in [0.1, 0.15) is 57.4 Å². The van der Waals surface area contributed by atoms with E-state index in [1.54, 1.807) is 6.92 Å². The molecule has 2 rings (SSSR count). The highest BCUT2D eigenvalue weighted by Crippen LogP contribution is 2.44. The molecule has 0 radical (unpaired) electrons. The van der Waals surface area contributed by atoms with Gasteiger partial charge in [0.1, 0.15) is 0 Å². The molecule has 0 aromatic carbocycles. The maximum Gasteiger partial charge on any atom is 0.304 e. The molecule has 1 aromatic rings. The van der Waals surface area contributed by atoms with Crippen molar-refractivity contribution in [3.8, 4) is 0 Å². The number of rotatable bonds is 5. The summed E-state index contributed by atoms with van der Waals surface area (Å²) in [5.41, 5.74) is 0.534. The van der Waals surface area contributed by atoms with Crippen molar-refractivity contribution in [3.05, 3.63) is 21.1 Å². The molecule has 1 aromatic heterocycles. The third-order valence-electron chi connectivity index (χ3n) is 4.93. The fraction of sp³-hybridized carbons (Fsp3) is 0.733. The van der Waals surface area contributed by atoms with E-state index in [9.17, 15) is 15.2 Å². The monoisotopic (exact) mass is 312 g/mol. The standard InChI is InChI=1S/C15H24N2O3S/c1-4-15(5-2)6-8-16(9-7-15)14-12(17(19)20)10-13(21-14)11(3)18/h10-11,18H,4-9H2,1-3H3/t11-/m1/s1. The Morgan fingerprint density at radius 1 is 1.43 bits per heavy atom. The van der Waals surface area contributed by atoms with Crippen LogP contribution in [0.3, 0.4) is 0 Å². The molecule has 1 aliphatic heterocycles. The average molecular weight is 312 g/mol. The van der Waals surface area contributed by atoms with Crippen LogP contribution in [0, 0.1) is 15.5 Å². The first-order valence-corrected chi connectivity index (χ1v) is 8.45. The zero-order chi connectivity index (χ0) is 15.6. The van der Waals surface area contributed by atoms with Gasteiger partial charge in [0.2, 0.25) is 0 Å². The van der Waals surface area contributed by atoms with Crippen molar-refractivity contribution in [2.24, 2.45) is 5.41 Å². The van der Waals surface area contributed by atoms with Gasteiger partial charge in [-0.05, 0) is 25.2 Å². The van der Waals surface area contributed by atoms with Crippen molar-refractivity contribution in [3.63, 3.8) is 0 Å². The summed E-state index contributed by atoms with van der Waals surface area (Å²) in [6.07, 6.45) is 3.85. The van der Waals surface area contributed by atoms with Crippen molar-refractivity contribution in [2.75, 3.05) is 18.0 Å². The zero-order valence-electron chi connectivity index (χ0n) is 13.0. The number of nitrogens with zero attached hydrogens (tertiary/aromatic N) is 2. The number of nitro groups is 1. The van der Waals surface area contributed by atoms with Crippen LogP contribution in [0.5, 0.6) is 0 Å². The van der Waals surface area contributed by atoms with E-state index in [-0.39, 0.29) is 10.6 Å². The van der Waals surface area contributed by atoms with Gasteiger partial charge in [-0.25, -0.2) is 0 Å². The first kappa shape index (κ1) is 16.2. The average Bonchev–Trinajstić information content (AvgIpc) is 2.93. The number of hydrogen-bond donors (Lipinski definition) is 1. The minimum atomic E-state index is -0.655. The molecule has 1 fully saturated rings. The summed E-state index contributed by atoms with van der Waals surface area (Å²) >= 11 is 1.35. The molecule has 1 aliphatic rings. The van der Waals surface area contributed by atoms with Crippen LogP contribution in [0.2, 0.25) is 0 Å². The van der Waals surface area contributed by atoms with Crippen LogP contribution in [0.15, 0.2) is 6.07 Å². The minimum Gasteiger partial charge on any atom is -0.388 e. The van der Waals surface area contributed by atoms with E-state index >= 15 is 0 Å². The lowest BCUT2D eigenvalue weighted by atomic mass is 9.74. The van der Waals surface area contributed by atoms with E-state index in [1.165, 1.54) is 30.2 Å². The second-order valence-electron chi connectivity index (χ2n) is 5.97. The summed E-state index contributed by atoms with van der Waals surface area (Å²) in [6, 6.07) is 1.52. The summed E-state index contributed by atoms with van der Waals surface area (Å²) < 4.78 is 0. The zero-order valence-corrected chi connectivity index (χ0v) is 13.8. The molecule has 6 heteroatoms. The lowest BCUT2D eigenvalue weighted by Gasteiger charge is -2.41. The Hall–Kier alpha value is -1.14. The molecule has 1 N–H and O–H groups in total. The lowest BCUT2D eigenvalue weighted by Crippen LogP contribution is -2.39. The molecule has 1 saturated heterocycles. The maximum absolute atomic E-state index is 11.2. The molecule has 21 heavy (non-hydrogen) atoms. The third kappa shape index (κ3) is 3.21. The Bertz CT molecular complexity index is 499. The van der Waals surface area contributed by atoms with Crippen molar-refractivity contribution in [1.29, 1.82) is 0 Å². The molecule has 0 unspecified atom stereocenters. The van der Waals surface area contributed by atoms with Crippen molar-refractivity contribution in [2.45, 2.75) is 52.6 Å². The number of aliphatic hydroxyl groups is 1. The molecule has 5 nitrogen and oxygen atoms in total. The predicted molar refractivity (Wildman–Crippen MR) is 86.1 cm³/mol. The number of anilines is 1. The molecule has 2 heterocycles. The van der Waals surface area contributed by atoms with Gasteiger partial charge in [0, 0.05) is 24.0 Å². The first-order chi connectivity index (χ1) is 9.92. The van der Waals surface area contributed by atoms with E-state index in [1.807, 2.05) is 0 Å². The van der Waals surface area contributed by atoms with E-state index in [0.717, 1.165) is 25.9 Å². The van der Waals surface area contributed by atoms with Crippen LogP contribution in [-0.2, 0) is 0 Å². The van der Waals surface area contributed by atoms with Gasteiger partial charge in [0.05, 0.1) is 11.0 Å². The fourth-order valence-corrected chi connectivity index (χ4v) is 4.21. The quantitative estimate of drug-likeness (QED) is 0.656. The summed E-state index contributed by atoms with van der Waals surface area (Å²) in [4.78, 5) is 13.7. The highest BCUT2D eigenvalue weighted by molar-refractivity contribution is 7.16. The van der Waals surface area contributed by atoms with E-state index < -0.39 is 6.10 Å². The smallest absolute Gasteiger partial charge is 0.304 e. The Morgan fingerprint density at radius 3 is 2.43 bits per heavy atom. The fourth-order valence-electron chi connectivity index (χ4n) is 3.09. The Labute approximate surface area is 129 Å². The van der Waals surface area contributed by atoms with Crippen molar-refractivity contribution < 1.29 is 10.0 Å². The summed E-state index contributed by atoms with van der Waals surface area (Å²) in [5.74, 6) is 0. The summed E-state index contributed by atoms with van der Waals surface area (Å²) in [6.45, 7) is 7.84. The molecular weight excluding hydrogens is 288 g/mol. The molecule has 118 valence electrons.